The number of benzene rings is 2. The largest absolute Gasteiger partial charge is 0.516 e. The van der Waals surface area contributed by atoms with Crippen molar-refractivity contribution in [2.75, 3.05) is 10.8 Å². The number of rotatable bonds is 5. The second-order valence-electron chi connectivity index (χ2n) is 4.95. The molecular formula is C16H9Cl3F3NO3S. The molecule has 0 heterocycles. The molecule has 0 radical (unpaired) electrons. The molecule has 0 spiro atoms. The molecule has 0 unspecified atom stereocenters. The summed E-state index contributed by atoms with van der Waals surface area (Å²) in [6.45, 7) is -0.881. The van der Waals surface area contributed by atoms with Gasteiger partial charge >= 0.3 is 15.5 Å². The van der Waals surface area contributed by atoms with Crippen molar-refractivity contribution in [1.82, 2.24) is 0 Å². The van der Waals surface area contributed by atoms with Crippen LogP contribution >= 0.6 is 34.8 Å². The summed E-state index contributed by atoms with van der Waals surface area (Å²) in [5, 5.41) is 0.437. The first-order valence-electron chi connectivity index (χ1n) is 6.92. The van der Waals surface area contributed by atoms with Gasteiger partial charge in [0.1, 0.15) is 5.75 Å². The molecule has 0 aromatic heterocycles. The minimum Gasteiger partial charge on any atom is -0.454 e. The Kier molecular flexibility index (Phi) is 6.43. The van der Waals surface area contributed by atoms with Crippen molar-refractivity contribution in [2.24, 2.45) is 0 Å². The number of anilines is 1. The first-order chi connectivity index (χ1) is 12.5. The van der Waals surface area contributed by atoms with Gasteiger partial charge in [-0.3, -0.25) is 0 Å². The molecule has 2 aromatic carbocycles. The number of alkyl halides is 3. The average molecular weight is 459 g/mol. The molecule has 2 aromatic rings. The summed E-state index contributed by atoms with van der Waals surface area (Å²) in [4.78, 5) is 0. The Morgan fingerprint density at radius 2 is 1.63 bits per heavy atom. The molecule has 11 heteroatoms. The van der Waals surface area contributed by atoms with Gasteiger partial charge in [-0.2, -0.15) is 21.6 Å². The Labute approximate surface area is 168 Å². The summed E-state index contributed by atoms with van der Waals surface area (Å²) in [5.74, 6) is 1.61. The van der Waals surface area contributed by atoms with Gasteiger partial charge < -0.3 is 4.74 Å². The zero-order valence-corrected chi connectivity index (χ0v) is 16.2. The van der Waals surface area contributed by atoms with Gasteiger partial charge in [-0.05, 0) is 30.3 Å². The lowest BCUT2D eigenvalue weighted by atomic mass is 10.2. The fourth-order valence-corrected chi connectivity index (χ4v) is 3.47. The van der Waals surface area contributed by atoms with Crippen LogP contribution in [0, 0.1) is 12.3 Å². The monoisotopic (exact) mass is 457 g/mol. The van der Waals surface area contributed by atoms with Gasteiger partial charge in [0.15, 0.2) is 5.75 Å². The van der Waals surface area contributed by atoms with Crippen LogP contribution in [0.15, 0.2) is 36.4 Å². The van der Waals surface area contributed by atoms with E-state index in [9.17, 15) is 21.6 Å². The lowest BCUT2D eigenvalue weighted by Gasteiger charge is -2.25. The molecule has 0 N–H and O–H groups in total. The number of sulfonamides is 1. The topological polar surface area (TPSA) is 46.6 Å². The van der Waals surface area contributed by atoms with Crippen LogP contribution in [0.25, 0.3) is 0 Å². The van der Waals surface area contributed by atoms with Crippen LogP contribution < -0.4 is 9.04 Å². The smallest absolute Gasteiger partial charge is 0.454 e. The molecule has 0 atom stereocenters. The van der Waals surface area contributed by atoms with Crippen molar-refractivity contribution in [3.05, 3.63) is 51.5 Å². The molecule has 0 bridgehead atoms. The van der Waals surface area contributed by atoms with E-state index in [1.807, 2.05) is 5.92 Å². The lowest BCUT2D eigenvalue weighted by Crippen LogP contribution is -2.41. The van der Waals surface area contributed by atoms with E-state index in [2.05, 4.69) is 0 Å². The predicted octanol–water partition coefficient (Wildman–Crippen LogP) is 5.73. The lowest BCUT2D eigenvalue weighted by molar-refractivity contribution is -0.0437. The maximum atomic E-state index is 13.0. The van der Waals surface area contributed by atoms with Crippen LogP contribution in [0.2, 0.25) is 15.1 Å². The normalized spacial score (nSPS) is 11.7. The van der Waals surface area contributed by atoms with Crippen LogP contribution in [0.5, 0.6) is 11.5 Å². The second-order valence-corrected chi connectivity index (χ2v) is 8.08. The van der Waals surface area contributed by atoms with Crippen LogP contribution in [-0.2, 0) is 10.0 Å². The third-order valence-corrected chi connectivity index (χ3v) is 5.38. The van der Waals surface area contributed by atoms with Crippen molar-refractivity contribution in [3.63, 3.8) is 0 Å². The fraction of sp³-hybridized carbons (Fsp3) is 0.125. The van der Waals surface area contributed by atoms with Crippen molar-refractivity contribution < 1.29 is 26.3 Å². The molecule has 0 amide bonds. The van der Waals surface area contributed by atoms with E-state index in [4.69, 9.17) is 46.0 Å². The van der Waals surface area contributed by atoms with E-state index in [0.717, 1.165) is 12.1 Å². The Bertz CT molecular complexity index is 1000. The van der Waals surface area contributed by atoms with E-state index in [-0.39, 0.29) is 25.8 Å². The van der Waals surface area contributed by atoms with E-state index in [1.165, 1.54) is 24.3 Å². The third kappa shape index (κ3) is 4.74. The van der Waals surface area contributed by atoms with E-state index in [1.54, 1.807) is 0 Å². The average Bonchev–Trinajstić information content (AvgIpc) is 2.55. The highest BCUT2D eigenvalue weighted by Gasteiger charge is 2.50. The summed E-state index contributed by atoms with van der Waals surface area (Å²) in [6.07, 6.45) is 5.05. The van der Waals surface area contributed by atoms with E-state index < -0.39 is 27.8 Å². The van der Waals surface area contributed by atoms with Crippen LogP contribution in [0.4, 0.5) is 18.9 Å². The number of hydrogen-bond donors (Lipinski definition) is 0. The number of hydrogen-bond acceptors (Lipinski definition) is 3. The zero-order chi connectivity index (χ0) is 20.4. The summed E-state index contributed by atoms with van der Waals surface area (Å²) < 4.78 is 68.4. The van der Waals surface area contributed by atoms with Gasteiger partial charge in [0.2, 0.25) is 0 Å². The maximum Gasteiger partial charge on any atom is 0.516 e. The predicted molar refractivity (Wildman–Crippen MR) is 99.1 cm³/mol. The molecule has 0 aliphatic rings. The van der Waals surface area contributed by atoms with Gasteiger partial charge in [0.25, 0.3) is 0 Å². The molecule has 0 saturated heterocycles. The first kappa shape index (κ1) is 21.5. The van der Waals surface area contributed by atoms with Gasteiger partial charge in [0.05, 0.1) is 17.3 Å². The van der Waals surface area contributed by atoms with Gasteiger partial charge in [0, 0.05) is 16.1 Å². The van der Waals surface area contributed by atoms with Gasteiger partial charge in [-0.1, -0.05) is 40.7 Å². The number of ether oxygens (including phenoxy) is 1. The maximum absolute atomic E-state index is 13.0. The van der Waals surface area contributed by atoms with Crippen molar-refractivity contribution in [1.29, 1.82) is 0 Å². The SMILES string of the molecule is C#CCN(c1ccc(Cl)cc1Oc1ccc(Cl)cc1Cl)S(=O)(=O)C(F)(F)F. The van der Waals surface area contributed by atoms with Crippen molar-refractivity contribution in [3.8, 4) is 23.8 Å². The second kappa shape index (κ2) is 8.07. The van der Waals surface area contributed by atoms with Crippen LogP contribution in [-0.4, -0.2) is 20.5 Å². The molecule has 4 nitrogen and oxygen atoms in total. The van der Waals surface area contributed by atoms with Gasteiger partial charge in [-0.25, -0.2) is 4.31 Å². The summed E-state index contributed by atoms with van der Waals surface area (Å²) in [5.41, 5.74) is -6.03. The van der Waals surface area contributed by atoms with Crippen molar-refractivity contribution >= 4 is 50.5 Å². The Morgan fingerprint density at radius 3 is 2.19 bits per heavy atom. The standard InChI is InChI=1S/C16H9Cl3F3NO3S/c1-2-7-23(27(24,25)16(20,21)22)13-5-3-11(18)9-15(13)26-14-6-4-10(17)8-12(14)19/h1,3-6,8-9H,7H2. The molecule has 0 aliphatic carbocycles. The molecule has 0 saturated carbocycles. The first-order valence-corrected chi connectivity index (χ1v) is 9.49. The van der Waals surface area contributed by atoms with E-state index >= 15 is 0 Å². The van der Waals surface area contributed by atoms with Gasteiger partial charge in [-0.15, -0.1) is 6.42 Å². The summed E-state index contributed by atoms with van der Waals surface area (Å²) in [6, 6.07) is 7.51. The van der Waals surface area contributed by atoms with Crippen molar-refractivity contribution in [2.45, 2.75) is 5.51 Å². The Hall–Kier alpha value is -1.79. The molecule has 27 heavy (non-hydrogen) atoms. The number of halogens is 6. The highest BCUT2D eigenvalue weighted by atomic mass is 35.5. The minimum absolute atomic E-state index is 0.00247. The summed E-state index contributed by atoms with van der Waals surface area (Å²) in [7, 11) is -5.78. The molecule has 0 fully saturated rings. The molecule has 0 aliphatic heterocycles. The highest BCUT2D eigenvalue weighted by Crippen LogP contribution is 2.41. The fourth-order valence-electron chi connectivity index (χ4n) is 1.96. The Balaban J connectivity index is 2.61. The molecule has 144 valence electrons. The van der Waals surface area contributed by atoms with E-state index in [0.29, 0.717) is 5.02 Å². The minimum atomic E-state index is -5.78. The zero-order valence-electron chi connectivity index (χ0n) is 13.1. The summed E-state index contributed by atoms with van der Waals surface area (Å²) >= 11 is 17.6. The third-order valence-electron chi connectivity index (χ3n) is 3.12. The number of nitrogens with zero attached hydrogens (tertiary/aromatic N) is 1. The number of terminal acetylenes is 1. The highest BCUT2D eigenvalue weighted by molar-refractivity contribution is 7.93. The quantitative estimate of drug-likeness (QED) is 0.538. The molecule has 2 rings (SSSR count). The van der Waals surface area contributed by atoms with Crippen LogP contribution in [0.3, 0.4) is 0 Å². The van der Waals surface area contributed by atoms with Crippen LogP contribution in [0.1, 0.15) is 0 Å². The Morgan fingerprint density at radius 1 is 1.04 bits per heavy atom. The molecular weight excluding hydrogens is 450 g/mol.